The van der Waals surface area contributed by atoms with Gasteiger partial charge in [-0.1, -0.05) is 25.5 Å². The topological polar surface area (TPSA) is 0 Å². The second-order valence-electron chi connectivity index (χ2n) is 7.06. The van der Waals surface area contributed by atoms with Crippen LogP contribution in [-0.4, -0.2) is 7.38 Å². The molecule has 0 aliphatic heterocycles. The molecular formula is C19H29ClSi. The van der Waals surface area contributed by atoms with Crippen molar-refractivity contribution in [3.8, 4) is 0 Å². The minimum atomic E-state index is -1.81. The van der Waals surface area contributed by atoms with Crippen LogP contribution in [0.25, 0.3) is 5.57 Å². The van der Waals surface area contributed by atoms with Gasteiger partial charge in [0, 0.05) is 5.54 Å². The normalized spacial score (nSPS) is 20.7. The summed E-state index contributed by atoms with van der Waals surface area (Å²) in [6.45, 7) is 18.3. The third kappa shape index (κ3) is 2.43. The number of hydrogen-bond donors (Lipinski definition) is 0. The molecule has 0 saturated heterocycles. The number of benzene rings is 1. The van der Waals surface area contributed by atoms with Crippen LogP contribution < -0.4 is 0 Å². The lowest BCUT2D eigenvalue weighted by Gasteiger charge is -2.31. The zero-order valence-electron chi connectivity index (χ0n) is 14.9. The number of hydrogen-bond acceptors (Lipinski definition) is 0. The van der Waals surface area contributed by atoms with Crippen molar-refractivity contribution in [1.29, 1.82) is 0 Å². The Morgan fingerprint density at radius 3 is 1.95 bits per heavy atom. The van der Waals surface area contributed by atoms with Crippen molar-refractivity contribution in [3.05, 3.63) is 39.0 Å². The molecule has 2 unspecified atom stereocenters. The lowest BCUT2D eigenvalue weighted by atomic mass is 9.88. The maximum atomic E-state index is 7.15. The second-order valence-corrected chi connectivity index (χ2v) is 13.3. The van der Waals surface area contributed by atoms with Crippen LogP contribution in [0, 0.1) is 27.7 Å². The van der Waals surface area contributed by atoms with Crippen molar-refractivity contribution < 1.29 is 0 Å². The lowest BCUT2D eigenvalue weighted by Crippen LogP contribution is -2.32. The van der Waals surface area contributed by atoms with E-state index < -0.39 is 7.38 Å². The van der Waals surface area contributed by atoms with Gasteiger partial charge in [-0.3, -0.25) is 0 Å². The molecule has 1 aromatic rings. The fourth-order valence-corrected chi connectivity index (χ4v) is 8.94. The van der Waals surface area contributed by atoms with Crippen LogP contribution >= 0.6 is 11.1 Å². The molecule has 0 aromatic heterocycles. The zero-order valence-corrected chi connectivity index (χ0v) is 16.6. The molecule has 0 fully saturated rings. The van der Waals surface area contributed by atoms with Gasteiger partial charge in [-0.05, 0) is 86.5 Å². The summed E-state index contributed by atoms with van der Waals surface area (Å²) < 4.78 is 0. The molecular weight excluding hydrogens is 292 g/mol. The van der Waals surface area contributed by atoms with Crippen molar-refractivity contribution in [2.75, 3.05) is 0 Å². The van der Waals surface area contributed by atoms with Crippen molar-refractivity contribution in [1.82, 2.24) is 0 Å². The molecule has 1 aromatic carbocycles. The van der Waals surface area contributed by atoms with E-state index in [1.807, 2.05) is 0 Å². The van der Waals surface area contributed by atoms with E-state index >= 15 is 0 Å². The summed E-state index contributed by atoms with van der Waals surface area (Å²) in [5.74, 6) is 0. The molecule has 0 spiro atoms. The molecule has 1 aliphatic carbocycles. The summed E-state index contributed by atoms with van der Waals surface area (Å²) in [6.07, 6.45) is 1.19. The molecule has 0 heterocycles. The molecule has 2 heteroatoms. The highest BCUT2D eigenvalue weighted by atomic mass is 35.6. The van der Waals surface area contributed by atoms with Crippen LogP contribution in [0.3, 0.4) is 0 Å². The molecule has 0 radical (unpaired) electrons. The predicted molar refractivity (Wildman–Crippen MR) is 99.0 cm³/mol. The zero-order chi connectivity index (χ0) is 16.1. The Hall–Kier alpha value is -0.533. The first-order chi connectivity index (χ1) is 9.65. The minimum absolute atomic E-state index is 0.493. The van der Waals surface area contributed by atoms with Crippen LogP contribution in [-0.2, 0) is 0 Å². The molecule has 2 rings (SSSR count). The SMILES string of the molecule is CCC[Si](C)(Cl)C1C(C)=C(C)c2c(C)c(C)c(C)c(C)c21. The first kappa shape index (κ1) is 16.8. The van der Waals surface area contributed by atoms with E-state index in [4.69, 9.17) is 11.1 Å². The maximum Gasteiger partial charge on any atom is 0.164 e. The Morgan fingerprint density at radius 1 is 0.905 bits per heavy atom. The Kier molecular flexibility index (Phi) is 4.48. The van der Waals surface area contributed by atoms with Crippen molar-refractivity contribution in [2.45, 2.75) is 73.0 Å². The van der Waals surface area contributed by atoms with Crippen LogP contribution in [0.4, 0.5) is 0 Å². The quantitative estimate of drug-likeness (QED) is 0.436. The van der Waals surface area contributed by atoms with Crippen LogP contribution in [0.5, 0.6) is 0 Å². The van der Waals surface area contributed by atoms with Gasteiger partial charge < -0.3 is 0 Å². The smallest absolute Gasteiger partial charge is 0.164 e. The number of halogens is 1. The molecule has 116 valence electrons. The largest absolute Gasteiger partial charge is 0.166 e. The standard InChI is InChI=1S/C19H29ClSi/c1-9-10-21(8,20)19-16(7)15(6)17-13(4)11(2)12(3)14(5)18(17)19/h19H,9-10H2,1-8H3. The number of allylic oxidation sites excluding steroid dienone is 2. The molecule has 0 nitrogen and oxygen atoms in total. The Morgan fingerprint density at radius 2 is 1.43 bits per heavy atom. The molecule has 2 atom stereocenters. The second kappa shape index (κ2) is 5.59. The van der Waals surface area contributed by atoms with Crippen molar-refractivity contribution >= 4 is 24.0 Å². The van der Waals surface area contributed by atoms with E-state index in [-0.39, 0.29) is 0 Å². The highest BCUT2D eigenvalue weighted by Crippen LogP contribution is 2.52. The molecule has 0 saturated carbocycles. The van der Waals surface area contributed by atoms with Gasteiger partial charge in [0.2, 0.25) is 0 Å². The number of rotatable bonds is 3. The average molecular weight is 321 g/mol. The van der Waals surface area contributed by atoms with Crippen molar-refractivity contribution in [2.24, 2.45) is 0 Å². The van der Waals surface area contributed by atoms with E-state index in [0.717, 1.165) is 0 Å². The lowest BCUT2D eigenvalue weighted by molar-refractivity contribution is 0.982. The van der Waals surface area contributed by atoms with Gasteiger partial charge in [-0.25, -0.2) is 0 Å². The Balaban J connectivity index is 2.78. The van der Waals surface area contributed by atoms with E-state index in [2.05, 4.69) is 55.0 Å². The molecule has 21 heavy (non-hydrogen) atoms. The van der Waals surface area contributed by atoms with Gasteiger partial charge in [0.05, 0.1) is 0 Å². The van der Waals surface area contributed by atoms with E-state index in [9.17, 15) is 0 Å². The van der Waals surface area contributed by atoms with Gasteiger partial charge in [0.15, 0.2) is 7.38 Å². The van der Waals surface area contributed by atoms with Gasteiger partial charge >= 0.3 is 0 Å². The van der Waals surface area contributed by atoms with Crippen LogP contribution in [0.2, 0.25) is 12.6 Å². The van der Waals surface area contributed by atoms with E-state index in [1.54, 1.807) is 5.56 Å². The van der Waals surface area contributed by atoms with Crippen molar-refractivity contribution in [3.63, 3.8) is 0 Å². The number of fused-ring (bicyclic) bond motifs is 1. The fraction of sp³-hybridized carbons (Fsp3) is 0.579. The third-order valence-corrected chi connectivity index (χ3v) is 10.4. The summed E-state index contributed by atoms with van der Waals surface area (Å²) in [5, 5.41) is 0. The highest BCUT2D eigenvalue weighted by Gasteiger charge is 2.43. The summed E-state index contributed by atoms with van der Waals surface area (Å²) in [4.78, 5) is 0. The minimum Gasteiger partial charge on any atom is -0.166 e. The van der Waals surface area contributed by atoms with Crippen LogP contribution in [0.1, 0.15) is 66.1 Å². The fourth-order valence-electron chi connectivity index (χ4n) is 4.20. The Bertz CT molecular complexity index is 623. The van der Waals surface area contributed by atoms with Gasteiger partial charge in [-0.2, -0.15) is 11.1 Å². The molecule has 0 N–H and O–H groups in total. The van der Waals surface area contributed by atoms with Crippen LogP contribution in [0.15, 0.2) is 5.57 Å². The summed E-state index contributed by atoms with van der Waals surface area (Å²) >= 11 is 7.15. The molecule has 0 bridgehead atoms. The first-order valence-electron chi connectivity index (χ1n) is 8.12. The predicted octanol–water partition coefficient (Wildman–Crippen LogP) is 6.57. The van der Waals surface area contributed by atoms with E-state index in [1.165, 1.54) is 51.4 Å². The summed E-state index contributed by atoms with van der Waals surface area (Å²) in [7, 11) is -1.81. The molecule has 1 aliphatic rings. The first-order valence-corrected chi connectivity index (χ1v) is 11.9. The van der Waals surface area contributed by atoms with Gasteiger partial charge in [0.1, 0.15) is 0 Å². The van der Waals surface area contributed by atoms with Gasteiger partial charge in [0.25, 0.3) is 0 Å². The monoisotopic (exact) mass is 320 g/mol. The van der Waals surface area contributed by atoms with Gasteiger partial charge in [-0.15, -0.1) is 0 Å². The summed E-state index contributed by atoms with van der Waals surface area (Å²) in [5.41, 5.74) is 12.4. The average Bonchev–Trinajstić information content (AvgIpc) is 2.67. The maximum absolute atomic E-state index is 7.15. The summed E-state index contributed by atoms with van der Waals surface area (Å²) in [6, 6.07) is 1.19. The van der Waals surface area contributed by atoms with E-state index in [0.29, 0.717) is 5.54 Å². The highest BCUT2D eigenvalue weighted by molar-refractivity contribution is 7.20. The molecule has 0 amide bonds. The third-order valence-electron chi connectivity index (χ3n) is 5.76. The Labute approximate surface area is 136 Å².